The van der Waals surface area contributed by atoms with E-state index in [9.17, 15) is 9.90 Å². The number of aromatic amines is 2. The van der Waals surface area contributed by atoms with Crippen LogP contribution in [0.1, 0.15) is 11.3 Å². The van der Waals surface area contributed by atoms with Gasteiger partial charge < -0.3 is 15.4 Å². The fourth-order valence-corrected chi connectivity index (χ4v) is 3.55. The van der Waals surface area contributed by atoms with E-state index in [1.807, 2.05) is 36.4 Å². The average Bonchev–Trinajstić information content (AvgIpc) is 3.38. The van der Waals surface area contributed by atoms with E-state index in [4.69, 9.17) is 16.9 Å². The van der Waals surface area contributed by atoms with Gasteiger partial charge in [0, 0.05) is 17.0 Å². The van der Waals surface area contributed by atoms with Gasteiger partial charge in [-0.2, -0.15) is 14.9 Å². The number of aromatic hydroxyl groups is 1. The maximum atomic E-state index is 11.5. The van der Waals surface area contributed by atoms with Crippen molar-refractivity contribution in [1.29, 1.82) is 5.26 Å². The molecule has 0 saturated carbocycles. The van der Waals surface area contributed by atoms with Gasteiger partial charge in [0.15, 0.2) is 11.1 Å². The van der Waals surface area contributed by atoms with Crippen LogP contribution in [0.3, 0.4) is 0 Å². The van der Waals surface area contributed by atoms with Crippen LogP contribution < -0.4 is 21.7 Å². The fourth-order valence-electron chi connectivity index (χ4n) is 3.32. The molecule has 0 aliphatic rings. The van der Waals surface area contributed by atoms with Gasteiger partial charge in [-0.25, -0.2) is 14.8 Å². The molecule has 3 heterocycles. The van der Waals surface area contributed by atoms with Crippen molar-refractivity contribution in [2.75, 3.05) is 5.32 Å². The van der Waals surface area contributed by atoms with Gasteiger partial charge in [-0.1, -0.05) is 29.8 Å². The van der Waals surface area contributed by atoms with E-state index >= 15 is 0 Å². The fraction of sp³-hybridized carbons (Fsp3) is 0. The number of hydrogen-bond acceptors (Lipinski definition) is 7. The molecule has 0 fully saturated rings. The molecule has 0 unspecified atom stereocenters. The Labute approximate surface area is 196 Å². The molecule has 10 nitrogen and oxygen atoms in total. The van der Waals surface area contributed by atoms with Crippen LogP contribution in [0.4, 0.5) is 17.2 Å². The third-order valence-corrected chi connectivity index (χ3v) is 5.18. The van der Waals surface area contributed by atoms with Crippen LogP contribution in [-0.4, -0.2) is 29.7 Å². The lowest BCUT2D eigenvalue weighted by Crippen LogP contribution is -2.16. The lowest BCUT2D eigenvalue weighted by atomic mass is 10.2. The Morgan fingerprint density at radius 3 is 2.71 bits per heavy atom. The SMILES string of the molecule is N#Cc1ccc(N=c2cc(Nc3ccccc3)n3ncc(=Cc4[nH]c(=O)[nH]c4O)c3n2)c(Cl)c1. The van der Waals surface area contributed by atoms with E-state index in [1.54, 1.807) is 35.0 Å². The van der Waals surface area contributed by atoms with Crippen molar-refractivity contribution in [2.45, 2.75) is 0 Å². The first-order valence-electron chi connectivity index (χ1n) is 9.98. The smallest absolute Gasteiger partial charge is 0.326 e. The molecule has 0 amide bonds. The van der Waals surface area contributed by atoms with Crippen LogP contribution in [-0.2, 0) is 0 Å². The molecule has 0 atom stereocenters. The number of nitrogens with one attached hydrogen (secondary N) is 3. The third-order valence-electron chi connectivity index (χ3n) is 4.88. The van der Waals surface area contributed by atoms with Crippen LogP contribution in [0.5, 0.6) is 5.88 Å². The maximum Gasteiger partial charge on any atom is 0.326 e. The number of anilines is 2. The Balaban J connectivity index is 1.73. The minimum Gasteiger partial charge on any atom is -0.493 e. The van der Waals surface area contributed by atoms with Crippen molar-refractivity contribution in [3.05, 3.63) is 98.3 Å². The normalized spacial score (nSPS) is 12.2. The molecule has 0 bridgehead atoms. The Hall–Kier alpha value is -4.88. The second-order valence-corrected chi connectivity index (χ2v) is 7.61. The Kier molecular flexibility index (Phi) is 5.29. The molecule has 0 aliphatic heterocycles. The second-order valence-electron chi connectivity index (χ2n) is 7.20. The van der Waals surface area contributed by atoms with Gasteiger partial charge in [0.25, 0.3) is 0 Å². The largest absolute Gasteiger partial charge is 0.493 e. The number of benzene rings is 2. The van der Waals surface area contributed by atoms with E-state index in [-0.39, 0.29) is 11.6 Å². The molecular weight excluding hydrogens is 456 g/mol. The molecule has 34 heavy (non-hydrogen) atoms. The number of H-pyrrole nitrogens is 2. The van der Waals surface area contributed by atoms with E-state index in [0.717, 1.165) is 5.69 Å². The quantitative estimate of drug-likeness (QED) is 0.317. The number of imidazole rings is 1. The predicted octanol–water partition coefficient (Wildman–Crippen LogP) is 2.50. The number of nitriles is 1. The maximum absolute atomic E-state index is 11.5. The van der Waals surface area contributed by atoms with Crippen molar-refractivity contribution < 1.29 is 5.11 Å². The molecule has 3 aromatic heterocycles. The summed E-state index contributed by atoms with van der Waals surface area (Å²) in [6.45, 7) is 0. The molecular formula is C23H15ClN8O2. The summed E-state index contributed by atoms with van der Waals surface area (Å²) in [6, 6.07) is 18.1. The summed E-state index contributed by atoms with van der Waals surface area (Å²) in [5.74, 6) is 0.281. The summed E-state index contributed by atoms with van der Waals surface area (Å²) >= 11 is 6.31. The highest BCUT2D eigenvalue weighted by molar-refractivity contribution is 6.33. The van der Waals surface area contributed by atoms with Crippen molar-refractivity contribution >= 4 is 40.5 Å². The summed E-state index contributed by atoms with van der Waals surface area (Å²) in [5.41, 5.74) is 2.10. The van der Waals surface area contributed by atoms with Crippen LogP contribution >= 0.6 is 11.6 Å². The van der Waals surface area contributed by atoms with E-state index in [0.29, 0.717) is 38.4 Å². The number of para-hydroxylation sites is 1. The Morgan fingerprint density at radius 2 is 2.00 bits per heavy atom. The second kappa shape index (κ2) is 8.57. The van der Waals surface area contributed by atoms with Crippen LogP contribution in [0.15, 0.2) is 70.6 Å². The molecule has 0 spiro atoms. The predicted molar refractivity (Wildman–Crippen MR) is 126 cm³/mol. The number of nitrogens with zero attached hydrogens (tertiary/aromatic N) is 5. The summed E-state index contributed by atoms with van der Waals surface area (Å²) in [7, 11) is 0. The Morgan fingerprint density at radius 1 is 1.18 bits per heavy atom. The summed E-state index contributed by atoms with van der Waals surface area (Å²) in [5, 5.41) is 27.6. The molecule has 0 saturated heterocycles. The standard InChI is InChI=1S/C23H15ClN8O2/c24-16-8-13(11-25)6-7-17(16)28-19-10-20(27-15-4-2-1-3-5-15)32-21(30-19)14(12-26-32)9-18-22(33)31-23(34)29-18/h1-10,12,27,33H,(H2,29,31,34). The van der Waals surface area contributed by atoms with E-state index in [2.05, 4.69) is 30.4 Å². The van der Waals surface area contributed by atoms with Crippen LogP contribution in [0, 0.1) is 11.3 Å². The highest BCUT2D eigenvalue weighted by Crippen LogP contribution is 2.25. The number of aromatic nitrogens is 5. The van der Waals surface area contributed by atoms with E-state index in [1.165, 1.54) is 6.07 Å². The minimum atomic E-state index is -0.536. The monoisotopic (exact) mass is 470 g/mol. The Bertz CT molecular complexity index is 1750. The summed E-state index contributed by atoms with van der Waals surface area (Å²) in [6.07, 6.45) is 3.11. The third kappa shape index (κ3) is 4.11. The molecule has 166 valence electrons. The first-order chi connectivity index (χ1) is 16.5. The summed E-state index contributed by atoms with van der Waals surface area (Å²) < 4.78 is 1.58. The topological polar surface area (TPSA) is 147 Å². The molecule has 0 radical (unpaired) electrons. The highest BCUT2D eigenvalue weighted by atomic mass is 35.5. The number of hydrogen-bond donors (Lipinski definition) is 4. The molecule has 4 N–H and O–H groups in total. The van der Waals surface area contributed by atoms with Crippen LogP contribution in [0.25, 0.3) is 11.7 Å². The van der Waals surface area contributed by atoms with Gasteiger partial charge in [0.2, 0.25) is 5.88 Å². The molecule has 5 rings (SSSR count). The molecule has 2 aromatic carbocycles. The first-order valence-corrected chi connectivity index (χ1v) is 10.4. The highest BCUT2D eigenvalue weighted by Gasteiger charge is 2.10. The number of halogens is 1. The molecule has 0 aliphatic carbocycles. The van der Waals surface area contributed by atoms with Gasteiger partial charge in [-0.05, 0) is 36.4 Å². The zero-order chi connectivity index (χ0) is 23.7. The average molecular weight is 471 g/mol. The van der Waals surface area contributed by atoms with Gasteiger partial charge in [0.05, 0.1) is 28.5 Å². The van der Waals surface area contributed by atoms with Crippen molar-refractivity contribution in [3.63, 3.8) is 0 Å². The van der Waals surface area contributed by atoms with Gasteiger partial charge in [-0.15, -0.1) is 0 Å². The van der Waals surface area contributed by atoms with E-state index < -0.39 is 5.69 Å². The molecule has 11 heteroatoms. The molecule has 5 aromatic rings. The minimum absolute atomic E-state index is 0.191. The summed E-state index contributed by atoms with van der Waals surface area (Å²) in [4.78, 5) is 25.5. The van der Waals surface area contributed by atoms with Gasteiger partial charge >= 0.3 is 5.69 Å². The lowest BCUT2D eigenvalue weighted by Gasteiger charge is -2.08. The van der Waals surface area contributed by atoms with Gasteiger partial charge in [-0.3, -0.25) is 4.98 Å². The van der Waals surface area contributed by atoms with Crippen molar-refractivity contribution in [2.24, 2.45) is 4.99 Å². The van der Waals surface area contributed by atoms with Crippen molar-refractivity contribution in [3.8, 4) is 11.9 Å². The number of rotatable bonds is 4. The lowest BCUT2D eigenvalue weighted by molar-refractivity contribution is 0.454. The first kappa shape index (κ1) is 21.0. The van der Waals surface area contributed by atoms with Gasteiger partial charge in [0.1, 0.15) is 11.5 Å². The number of fused-ring (bicyclic) bond motifs is 1. The zero-order valence-corrected chi connectivity index (χ0v) is 18.1. The zero-order valence-electron chi connectivity index (χ0n) is 17.3. The van der Waals surface area contributed by atoms with Crippen molar-refractivity contribution in [1.82, 2.24) is 24.6 Å². The van der Waals surface area contributed by atoms with Crippen LogP contribution in [0.2, 0.25) is 5.02 Å².